The number of amides is 1. The molecule has 0 bridgehead atoms. The molecule has 0 saturated carbocycles. The minimum absolute atomic E-state index is 0.0333. The maximum atomic E-state index is 13.0. The lowest BCUT2D eigenvalue weighted by Gasteiger charge is -2.19. The molecule has 1 fully saturated rings. The Morgan fingerprint density at radius 1 is 1.45 bits per heavy atom. The third-order valence-electron chi connectivity index (χ3n) is 4.05. The van der Waals surface area contributed by atoms with Gasteiger partial charge in [0.2, 0.25) is 0 Å². The first-order chi connectivity index (χ1) is 10.6. The summed E-state index contributed by atoms with van der Waals surface area (Å²) < 4.78 is 18.4. The highest BCUT2D eigenvalue weighted by molar-refractivity contribution is 5.99. The molecule has 2 N–H and O–H groups in total. The Kier molecular flexibility index (Phi) is 4.20. The van der Waals surface area contributed by atoms with Crippen molar-refractivity contribution in [2.24, 2.45) is 5.92 Å². The van der Waals surface area contributed by atoms with Gasteiger partial charge in [0.25, 0.3) is 5.91 Å². The van der Waals surface area contributed by atoms with Crippen molar-refractivity contribution in [1.29, 1.82) is 0 Å². The van der Waals surface area contributed by atoms with Crippen LogP contribution in [0.15, 0.2) is 30.5 Å². The molecule has 6 heteroatoms. The van der Waals surface area contributed by atoms with Gasteiger partial charge in [0.15, 0.2) is 0 Å². The lowest BCUT2D eigenvalue weighted by molar-refractivity contribution is 0.0923. The fraction of sp³-hybridized carbons (Fsp3) is 0.375. The van der Waals surface area contributed by atoms with E-state index in [4.69, 9.17) is 4.74 Å². The van der Waals surface area contributed by atoms with E-state index in [2.05, 4.69) is 15.5 Å². The number of hydrogen-bond donors (Lipinski definition) is 2. The van der Waals surface area contributed by atoms with Crippen molar-refractivity contribution in [3.63, 3.8) is 0 Å². The van der Waals surface area contributed by atoms with Crippen molar-refractivity contribution in [3.05, 3.63) is 41.8 Å². The summed E-state index contributed by atoms with van der Waals surface area (Å²) in [5.74, 6) is -0.165. The molecule has 2 atom stereocenters. The van der Waals surface area contributed by atoms with Crippen molar-refractivity contribution in [1.82, 2.24) is 15.5 Å². The number of halogens is 1. The number of rotatable bonds is 4. The normalized spacial score (nSPS) is 19.1. The van der Waals surface area contributed by atoms with Crippen LogP contribution in [0, 0.1) is 11.7 Å². The number of hydrogen-bond acceptors (Lipinski definition) is 3. The van der Waals surface area contributed by atoms with Gasteiger partial charge in [-0.1, -0.05) is 0 Å². The van der Waals surface area contributed by atoms with Gasteiger partial charge in [-0.15, -0.1) is 0 Å². The summed E-state index contributed by atoms with van der Waals surface area (Å²) in [6, 6.07) is 5.99. The van der Waals surface area contributed by atoms with Crippen molar-refractivity contribution >= 4 is 5.91 Å². The van der Waals surface area contributed by atoms with E-state index in [0.717, 1.165) is 18.6 Å². The minimum atomic E-state index is -0.316. The van der Waals surface area contributed by atoms with E-state index in [1.165, 1.54) is 18.3 Å². The van der Waals surface area contributed by atoms with E-state index >= 15 is 0 Å². The van der Waals surface area contributed by atoms with Crippen molar-refractivity contribution in [3.8, 4) is 11.3 Å². The molecule has 0 spiro atoms. The second-order valence-corrected chi connectivity index (χ2v) is 5.55. The molecule has 0 aliphatic carbocycles. The van der Waals surface area contributed by atoms with Gasteiger partial charge in [-0.3, -0.25) is 9.89 Å². The lowest BCUT2D eigenvalue weighted by atomic mass is 10.00. The zero-order chi connectivity index (χ0) is 15.5. The van der Waals surface area contributed by atoms with Crippen molar-refractivity contribution < 1.29 is 13.9 Å². The standard InChI is InChI=1S/C16H18FN3O2/c1-10(12-6-7-22-9-12)19-16(21)14-8-18-20-15(14)11-2-4-13(17)5-3-11/h2-5,8,10,12H,6-7,9H2,1H3,(H,18,20)(H,19,21)/t10-,12+/m1/s1. The molecule has 0 unspecified atom stereocenters. The Labute approximate surface area is 127 Å². The van der Waals surface area contributed by atoms with Gasteiger partial charge in [-0.2, -0.15) is 5.10 Å². The van der Waals surface area contributed by atoms with E-state index in [9.17, 15) is 9.18 Å². The summed E-state index contributed by atoms with van der Waals surface area (Å²) in [7, 11) is 0. The van der Waals surface area contributed by atoms with Gasteiger partial charge >= 0.3 is 0 Å². The maximum Gasteiger partial charge on any atom is 0.255 e. The minimum Gasteiger partial charge on any atom is -0.381 e. The Bertz CT molecular complexity index is 648. The van der Waals surface area contributed by atoms with Crippen LogP contribution in [0.25, 0.3) is 11.3 Å². The highest BCUT2D eigenvalue weighted by atomic mass is 19.1. The lowest BCUT2D eigenvalue weighted by Crippen LogP contribution is -2.38. The summed E-state index contributed by atoms with van der Waals surface area (Å²) >= 11 is 0. The summed E-state index contributed by atoms with van der Waals surface area (Å²) in [4.78, 5) is 12.4. The number of benzene rings is 1. The second-order valence-electron chi connectivity index (χ2n) is 5.55. The van der Waals surface area contributed by atoms with E-state index < -0.39 is 0 Å². The van der Waals surface area contributed by atoms with Crippen LogP contribution in [0.4, 0.5) is 4.39 Å². The number of carbonyl (C=O) groups excluding carboxylic acids is 1. The average Bonchev–Trinajstić information content (AvgIpc) is 3.19. The average molecular weight is 303 g/mol. The quantitative estimate of drug-likeness (QED) is 0.911. The summed E-state index contributed by atoms with van der Waals surface area (Å²) in [6.45, 7) is 3.41. The van der Waals surface area contributed by atoms with Crippen LogP contribution >= 0.6 is 0 Å². The molecule has 1 amide bonds. The van der Waals surface area contributed by atoms with Crippen LogP contribution in [0.3, 0.4) is 0 Å². The highest BCUT2D eigenvalue weighted by Crippen LogP contribution is 2.22. The van der Waals surface area contributed by atoms with Gasteiger partial charge in [-0.25, -0.2) is 4.39 Å². The van der Waals surface area contributed by atoms with Gasteiger partial charge in [-0.05, 0) is 37.6 Å². The zero-order valence-electron chi connectivity index (χ0n) is 12.3. The van der Waals surface area contributed by atoms with E-state index in [0.29, 0.717) is 23.8 Å². The number of nitrogens with one attached hydrogen (secondary N) is 2. The third-order valence-corrected chi connectivity index (χ3v) is 4.05. The first kappa shape index (κ1) is 14.7. The smallest absolute Gasteiger partial charge is 0.255 e. The van der Waals surface area contributed by atoms with Crippen LogP contribution in [0.5, 0.6) is 0 Å². The fourth-order valence-electron chi connectivity index (χ4n) is 2.64. The van der Waals surface area contributed by atoms with E-state index in [-0.39, 0.29) is 17.8 Å². The van der Waals surface area contributed by atoms with Gasteiger partial charge in [0, 0.05) is 24.1 Å². The molecule has 1 aliphatic rings. The van der Waals surface area contributed by atoms with Crippen LogP contribution in [-0.2, 0) is 4.74 Å². The number of H-pyrrole nitrogens is 1. The monoisotopic (exact) mass is 303 g/mol. The summed E-state index contributed by atoms with van der Waals surface area (Å²) in [6.07, 6.45) is 2.45. The molecule has 1 aliphatic heterocycles. The molecule has 2 heterocycles. The molecule has 22 heavy (non-hydrogen) atoms. The second kappa shape index (κ2) is 6.27. The molecule has 5 nitrogen and oxygen atoms in total. The zero-order valence-corrected chi connectivity index (χ0v) is 12.3. The molecule has 1 aromatic heterocycles. The molecule has 116 valence electrons. The Morgan fingerprint density at radius 3 is 2.91 bits per heavy atom. The number of aromatic nitrogens is 2. The summed E-state index contributed by atoms with van der Waals surface area (Å²) in [5, 5.41) is 9.74. The maximum absolute atomic E-state index is 13.0. The van der Waals surface area contributed by atoms with Crippen molar-refractivity contribution in [2.75, 3.05) is 13.2 Å². The fourth-order valence-corrected chi connectivity index (χ4v) is 2.64. The molecule has 2 aromatic rings. The Balaban J connectivity index is 1.76. The molecule has 1 saturated heterocycles. The van der Waals surface area contributed by atoms with Crippen LogP contribution < -0.4 is 5.32 Å². The third kappa shape index (κ3) is 3.01. The Hall–Kier alpha value is -2.21. The molecule has 1 aromatic carbocycles. The van der Waals surface area contributed by atoms with Gasteiger partial charge < -0.3 is 10.1 Å². The number of nitrogens with zero attached hydrogens (tertiary/aromatic N) is 1. The molecule has 0 radical (unpaired) electrons. The number of aromatic amines is 1. The van der Waals surface area contributed by atoms with Crippen LogP contribution in [0.2, 0.25) is 0 Å². The summed E-state index contributed by atoms with van der Waals surface area (Å²) in [5.41, 5.74) is 1.77. The molecular formula is C16H18FN3O2. The first-order valence-corrected chi connectivity index (χ1v) is 7.33. The largest absolute Gasteiger partial charge is 0.381 e. The highest BCUT2D eigenvalue weighted by Gasteiger charge is 2.25. The Morgan fingerprint density at radius 2 is 2.23 bits per heavy atom. The van der Waals surface area contributed by atoms with Crippen LogP contribution in [0.1, 0.15) is 23.7 Å². The van der Waals surface area contributed by atoms with Crippen molar-refractivity contribution in [2.45, 2.75) is 19.4 Å². The SMILES string of the molecule is C[C@@H](NC(=O)c1cn[nH]c1-c1ccc(F)cc1)[C@H]1CCOC1. The molecular weight excluding hydrogens is 285 g/mol. The number of ether oxygens (including phenoxy) is 1. The van der Waals surface area contributed by atoms with Crippen LogP contribution in [-0.4, -0.2) is 35.4 Å². The van der Waals surface area contributed by atoms with Gasteiger partial charge in [0.05, 0.1) is 24.1 Å². The number of carbonyl (C=O) groups is 1. The first-order valence-electron chi connectivity index (χ1n) is 7.33. The van der Waals surface area contributed by atoms with E-state index in [1.54, 1.807) is 12.1 Å². The van der Waals surface area contributed by atoms with E-state index in [1.807, 2.05) is 6.92 Å². The predicted molar refractivity (Wildman–Crippen MR) is 79.8 cm³/mol. The molecule has 3 rings (SSSR count). The topological polar surface area (TPSA) is 67.0 Å². The predicted octanol–water partition coefficient (Wildman–Crippen LogP) is 2.37. The van der Waals surface area contributed by atoms with Gasteiger partial charge in [0.1, 0.15) is 5.82 Å².